The number of hydrogen-bond donors (Lipinski definition) is 1. The first-order valence-corrected chi connectivity index (χ1v) is 8.75. The molecular formula is C22H19N3O2. The third-order valence-corrected chi connectivity index (χ3v) is 4.36. The lowest BCUT2D eigenvalue weighted by Gasteiger charge is -2.17. The van der Waals surface area contributed by atoms with Crippen molar-refractivity contribution in [3.63, 3.8) is 0 Å². The third kappa shape index (κ3) is 3.98. The Morgan fingerprint density at radius 3 is 2.48 bits per heavy atom. The van der Waals surface area contributed by atoms with Gasteiger partial charge in [-0.3, -0.25) is 9.48 Å². The van der Waals surface area contributed by atoms with Gasteiger partial charge in [-0.2, -0.15) is 5.10 Å². The van der Waals surface area contributed by atoms with E-state index in [2.05, 4.69) is 10.4 Å². The average Bonchev–Trinajstić information content (AvgIpc) is 3.41. The summed E-state index contributed by atoms with van der Waals surface area (Å²) in [7, 11) is 0. The molecule has 0 spiro atoms. The number of nitrogens with one attached hydrogen (secondary N) is 1. The molecule has 0 bridgehead atoms. The Bertz CT molecular complexity index is 976. The molecule has 1 unspecified atom stereocenters. The van der Waals surface area contributed by atoms with Crippen LogP contribution in [0.5, 0.6) is 0 Å². The van der Waals surface area contributed by atoms with Crippen LogP contribution in [0.3, 0.4) is 0 Å². The molecule has 1 atom stereocenters. The topological polar surface area (TPSA) is 60.1 Å². The highest BCUT2D eigenvalue weighted by Crippen LogP contribution is 2.23. The molecular weight excluding hydrogens is 338 g/mol. The van der Waals surface area contributed by atoms with Crippen LogP contribution in [0.15, 0.2) is 95.9 Å². The monoisotopic (exact) mass is 357 g/mol. The number of carbonyl (C=O) groups is 1. The Morgan fingerprint density at radius 1 is 1.00 bits per heavy atom. The number of benzene rings is 2. The van der Waals surface area contributed by atoms with E-state index in [9.17, 15) is 4.79 Å². The molecule has 0 aliphatic carbocycles. The van der Waals surface area contributed by atoms with Gasteiger partial charge in [-0.25, -0.2) is 0 Å². The van der Waals surface area contributed by atoms with E-state index in [-0.39, 0.29) is 11.9 Å². The Morgan fingerprint density at radius 2 is 1.81 bits per heavy atom. The van der Waals surface area contributed by atoms with Crippen LogP contribution >= 0.6 is 0 Å². The van der Waals surface area contributed by atoms with Crippen LogP contribution < -0.4 is 5.32 Å². The smallest absolute Gasteiger partial charge is 0.252 e. The Labute approximate surface area is 157 Å². The molecule has 0 radical (unpaired) electrons. The standard InChI is InChI=1S/C22H19N3O2/c26-22(19-11-9-17(10-12-19)16-25-14-5-13-23-25)24-21(20-8-4-15-27-20)18-6-2-1-3-7-18/h1-15,21H,16H2,(H,24,26). The van der Waals surface area contributed by atoms with Crippen LogP contribution in [0.2, 0.25) is 0 Å². The number of hydrogen-bond acceptors (Lipinski definition) is 3. The average molecular weight is 357 g/mol. The molecule has 0 aliphatic rings. The maximum absolute atomic E-state index is 12.8. The minimum atomic E-state index is -0.336. The van der Waals surface area contributed by atoms with Crippen LogP contribution in [0.1, 0.15) is 33.3 Å². The maximum Gasteiger partial charge on any atom is 0.252 e. The molecule has 2 aromatic heterocycles. The van der Waals surface area contributed by atoms with Gasteiger partial charge in [-0.1, -0.05) is 42.5 Å². The van der Waals surface area contributed by atoms with E-state index < -0.39 is 0 Å². The zero-order valence-corrected chi connectivity index (χ0v) is 14.7. The molecule has 4 aromatic rings. The van der Waals surface area contributed by atoms with Gasteiger partial charge in [0.2, 0.25) is 0 Å². The van der Waals surface area contributed by atoms with Gasteiger partial charge in [-0.15, -0.1) is 0 Å². The highest BCUT2D eigenvalue weighted by atomic mass is 16.3. The molecule has 0 aliphatic heterocycles. The van der Waals surface area contributed by atoms with Crippen molar-refractivity contribution in [1.82, 2.24) is 15.1 Å². The lowest BCUT2D eigenvalue weighted by atomic mass is 10.0. The number of nitrogens with zero attached hydrogens (tertiary/aromatic N) is 2. The summed E-state index contributed by atoms with van der Waals surface area (Å²) in [5, 5.41) is 7.26. The molecule has 134 valence electrons. The Balaban J connectivity index is 1.51. The molecule has 5 nitrogen and oxygen atoms in total. The number of carbonyl (C=O) groups excluding carboxylic acids is 1. The lowest BCUT2D eigenvalue weighted by molar-refractivity contribution is 0.0939. The number of amides is 1. The van der Waals surface area contributed by atoms with Gasteiger partial charge in [-0.05, 0) is 41.5 Å². The predicted molar refractivity (Wildman–Crippen MR) is 102 cm³/mol. The van der Waals surface area contributed by atoms with Crippen LogP contribution in [-0.2, 0) is 6.54 Å². The van der Waals surface area contributed by atoms with E-state index in [4.69, 9.17) is 4.42 Å². The second-order valence-corrected chi connectivity index (χ2v) is 6.23. The fourth-order valence-electron chi connectivity index (χ4n) is 2.98. The third-order valence-electron chi connectivity index (χ3n) is 4.36. The summed E-state index contributed by atoms with van der Waals surface area (Å²) in [6.45, 7) is 0.675. The number of furan rings is 1. The molecule has 27 heavy (non-hydrogen) atoms. The Kier molecular flexibility index (Phi) is 4.83. The van der Waals surface area contributed by atoms with Crippen molar-refractivity contribution in [3.8, 4) is 0 Å². The normalized spacial score (nSPS) is 11.9. The van der Waals surface area contributed by atoms with Gasteiger partial charge in [0.1, 0.15) is 11.8 Å². The highest BCUT2D eigenvalue weighted by molar-refractivity contribution is 5.94. The van der Waals surface area contributed by atoms with E-state index >= 15 is 0 Å². The lowest BCUT2D eigenvalue weighted by Crippen LogP contribution is -2.29. The van der Waals surface area contributed by atoms with Gasteiger partial charge in [0.15, 0.2) is 0 Å². The zero-order chi connectivity index (χ0) is 18.5. The molecule has 0 saturated carbocycles. The second-order valence-electron chi connectivity index (χ2n) is 6.23. The van der Waals surface area contributed by atoms with Gasteiger partial charge in [0.25, 0.3) is 5.91 Å². The molecule has 0 saturated heterocycles. The van der Waals surface area contributed by atoms with Crippen molar-refractivity contribution in [1.29, 1.82) is 0 Å². The van der Waals surface area contributed by atoms with Gasteiger partial charge in [0.05, 0.1) is 12.8 Å². The first kappa shape index (κ1) is 16.8. The van der Waals surface area contributed by atoms with E-state index in [0.29, 0.717) is 17.9 Å². The largest absolute Gasteiger partial charge is 0.467 e. The maximum atomic E-state index is 12.8. The Hall–Kier alpha value is -3.60. The molecule has 2 heterocycles. The zero-order valence-electron chi connectivity index (χ0n) is 14.7. The minimum absolute atomic E-state index is 0.147. The number of aromatic nitrogens is 2. The van der Waals surface area contributed by atoms with Gasteiger partial charge >= 0.3 is 0 Å². The van der Waals surface area contributed by atoms with Crippen molar-refractivity contribution < 1.29 is 9.21 Å². The predicted octanol–water partition coefficient (Wildman–Crippen LogP) is 4.04. The van der Waals surface area contributed by atoms with E-state index in [1.165, 1.54) is 0 Å². The quantitative estimate of drug-likeness (QED) is 0.566. The van der Waals surface area contributed by atoms with E-state index in [0.717, 1.165) is 11.1 Å². The highest BCUT2D eigenvalue weighted by Gasteiger charge is 2.20. The molecule has 1 N–H and O–H groups in total. The van der Waals surface area contributed by atoms with Crippen molar-refractivity contribution in [2.75, 3.05) is 0 Å². The van der Waals surface area contributed by atoms with Crippen molar-refractivity contribution >= 4 is 5.91 Å². The first-order valence-electron chi connectivity index (χ1n) is 8.75. The van der Waals surface area contributed by atoms with Crippen molar-refractivity contribution in [2.24, 2.45) is 0 Å². The first-order chi connectivity index (χ1) is 13.3. The van der Waals surface area contributed by atoms with Gasteiger partial charge in [0, 0.05) is 18.0 Å². The second kappa shape index (κ2) is 7.74. The molecule has 0 fully saturated rings. The minimum Gasteiger partial charge on any atom is -0.467 e. The van der Waals surface area contributed by atoms with Crippen LogP contribution in [0, 0.1) is 0 Å². The van der Waals surface area contributed by atoms with Crippen LogP contribution in [0.25, 0.3) is 0 Å². The van der Waals surface area contributed by atoms with E-state index in [1.807, 2.05) is 83.7 Å². The number of rotatable bonds is 6. The van der Waals surface area contributed by atoms with Crippen molar-refractivity contribution in [3.05, 3.63) is 114 Å². The summed E-state index contributed by atoms with van der Waals surface area (Å²) in [6.07, 6.45) is 5.27. The molecule has 4 rings (SSSR count). The molecule has 1 amide bonds. The molecule has 2 aromatic carbocycles. The fourth-order valence-corrected chi connectivity index (χ4v) is 2.98. The summed E-state index contributed by atoms with van der Waals surface area (Å²) < 4.78 is 7.38. The summed E-state index contributed by atoms with van der Waals surface area (Å²) in [5.74, 6) is 0.552. The summed E-state index contributed by atoms with van der Waals surface area (Å²) in [6, 6.07) is 22.6. The van der Waals surface area contributed by atoms with Crippen LogP contribution in [-0.4, -0.2) is 15.7 Å². The summed E-state index contributed by atoms with van der Waals surface area (Å²) in [4.78, 5) is 12.8. The molecule has 5 heteroatoms. The van der Waals surface area contributed by atoms with E-state index in [1.54, 1.807) is 12.5 Å². The summed E-state index contributed by atoms with van der Waals surface area (Å²) in [5.41, 5.74) is 2.66. The summed E-state index contributed by atoms with van der Waals surface area (Å²) >= 11 is 0. The van der Waals surface area contributed by atoms with Gasteiger partial charge < -0.3 is 9.73 Å². The SMILES string of the molecule is O=C(NC(c1ccccc1)c1ccco1)c1ccc(Cn2cccn2)cc1. The fraction of sp³-hybridized carbons (Fsp3) is 0.0909. The van der Waals surface area contributed by atoms with Crippen molar-refractivity contribution in [2.45, 2.75) is 12.6 Å². The van der Waals surface area contributed by atoms with Crippen LogP contribution in [0.4, 0.5) is 0 Å².